The number of ether oxygens (including phenoxy) is 1. The number of rotatable bonds is 4. The van der Waals surface area contributed by atoms with E-state index in [2.05, 4.69) is 19.9 Å². The molecule has 0 bridgehead atoms. The number of nitrogens with zero attached hydrogens (tertiary/aromatic N) is 2. The number of methoxy groups -OCH3 is 1. The van der Waals surface area contributed by atoms with Crippen molar-refractivity contribution in [2.45, 2.75) is 19.3 Å². The number of anilines is 2. The number of benzene rings is 1. The van der Waals surface area contributed by atoms with Gasteiger partial charge in [-0.2, -0.15) is 0 Å². The number of carbonyl (C=O) groups excluding carboxylic acids is 2. The summed E-state index contributed by atoms with van der Waals surface area (Å²) in [6.07, 6.45) is 5.28. The number of pyridine rings is 1. The first-order chi connectivity index (χ1) is 12.2. The number of aromatic nitrogens is 1. The summed E-state index contributed by atoms with van der Waals surface area (Å²) < 4.78 is 4.66. The molecule has 0 spiro atoms. The maximum absolute atomic E-state index is 12.4. The molecule has 6 nitrogen and oxygen atoms in total. The van der Waals surface area contributed by atoms with Gasteiger partial charge in [-0.1, -0.05) is 0 Å². The van der Waals surface area contributed by atoms with Crippen molar-refractivity contribution < 1.29 is 14.3 Å². The number of hydrogen-bond acceptors (Lipinski definition) is 5. The Bertz CT molecular complexity index is 753. The second-order valence-electron chi connectivity index (χ2n) is 5.97. The number of nitrogens with one attached hydrogen (secondary N) is 1. The molecule has 3 rings (SSSR count). The maximum atomic E-state index is 12.4. The number of amides is 1. The third-order valence-electron chi connectivity index (χ3n) is 4.26. The molecule has 2 aromatic rings. The number of esters is 1. The van der Waals surface area contributed by atoms with Crippen molar-refractivity contribution in [3.63, 3.8) is 0 Å². The van der Waals surface area contributed by atoms with Crippen molar-refractivity contribution in [3.05, 3.63) is 53.9 Å². The zero-order valence-electron chi connectivity index (χ0n) is 14.2. The molecular formula is C19H21N3O3. The molecule has 1 aromatic heterocycles. The van der Waals surface area contributed by atoms with E-state index in [0.29, 0.717) is 16.9 Å². The summed E-state index contributed by atoms with van der Waals surface area (Å²) in [7, 11) is 1.33. The summed E-state index contributed by atoms with van der Waals surface area (Å²) in [5, 5.41) is 2.80. The van der Waals surface area contributed by atoms with Gasteiger partial charge in [0.05, 0.1) is 12.7 Å². The molecular weight excluding hydrogens is 318 g/mol. The molecule has 1 saturated heterocycles. The van der Waals surface area contributed by atoms with Gasteiger partial charge in [-0.05, 0) is 55.7 Å². The predicted molar refractivity (Wildman–Crippen MR) is 96.0 cm³/mol. The molecule has 1 aliphatic heterocycles. The molecule has 1 aromatic carbocycles. The molecule has 6 heteroatoms. The first-order valence-electron chi connectivity index (χ1n) is 8.38. The molecule has 0 atom stereocenters. The molecule has 1 aliphatic rings. The lowest BCUT2D eigenvalue weighted by Gasteiger charge is -2.28. The van der Waals surface area contributed by atoms with Crippen LogP contribution in [0.1, 0.15) is 40.1 Å². The Morgan fingerprint density at radius 2 is 1.80 bits per heavy atom. The minimum Gasteiger partial charge on any atom is -0.465 e. The number of hydrogen-bond donors (Lipinski definition) is 1. The van der Waals surface area contributed by atoms with Gasteiger partial charge in [-0.25, -0.2) is 4.79 Å². The van der Waals surface area contributed by atoms with Crippen molar-refractivity contribution in [2.75, 3.05) is 30.4 Å². The Morgan fingerprint density at radius 1 is 1.08 bits per heavy atom. The van der Waals surface area contributed by atoms with Crippen LogP contribution in [0.15, 0.2) is 42.6 Å². The van der Waals surface area contributed by atoms with E-state index in [1.807, 2.05) is 12.1 Å². The smallest absolute Gasteiger partial charge is 0.337 e. The van der Waals surface area contributed by atoms with Crippen LogP contribution in [-0.2, 0) is 4.74 Å². The summed E-state index contributed by atoms with van der Waals surface area (Å²) in [5.41, 5.74) is 2.44. The molecule has 1 N–H and O–H groups in total. The average Bonchev–Trinajstić information content (AvgIpc) is 2.68. The molecule has 0 radical (unpaired) electrons. The van der Waals surface area contributed by atoms with Crippen molar-refractivity contribution >= 4 is 23.3 Å². The highest BCUT2D eigenvalue weighted by atomic mass is 16.5. The van der Waals surface area contributed by atoms with Crippen LogP contribution in [0.2, 0.25) is 0 Å². The Balaban J connectivity index is 1.69. The SMILES string of the molecule is COC(=O)c1ccc(NC(=O)c2cc(N3CCCCC3)ccn2)cc1. The molecule has 0 unspecified atom stereocenters. The number of carbonyl (C=O) groups is 2. The van der Waals surface area contributed by atoms with Crippen LogP contribution in [0, 0.1) is 0 Å². The Hall–Kier alpha value is -2.89. The Kier molecular flexibility index (Phi) is 5.28. The van der Waals surface area contributed by atoms with Crippen molar-refractivity contribution in [1.29, 1.82) is 0 Å². The second-order valence-corrected chi connectivity index (χ2v) is 5.97. The van der Waals surface area contributed by atoms with Gasteiger partial charge < -0.3 is 15.0 Å². The summed E-state index contributed by atoms with van der Waals surface area (Å²) in [5.74, 6) is -0.682. The van der Waals surface area contributed by atoms with Gasteiger partial charge in [0.2, 0.25) is 0 Å². The highest BCUT2D eigenvalue weighted by molar-refractivity contribution is 6.03. The van der Waals surface area contributed by atoms with Gasteiger partial charge in [-0.15, -0.1) is 0 Å². The van der Waals surface area contributed by atoms with Crippen molar-refractivity contribution in [2.24, 2.45) is 0 Å². The first kappa shape index (κ1) is 17.0. The Labute approximate surface area is 146 Å². The van der Waals surface area contributed by atoms with Crippen LogP contribution in [0.4, 0.5) is 11.4 Å². The molecule has 0 saturated carbocycles. The van der Waals surface area contributed by atoms with Crippen molar-refractivity contribution in [3.8, 4) is 0 Å². The Morgan fingerprint density at radius 3 is 2.48 bits per heavy atom. The molecule has 130 valence electrons. The lowest BCUT2D eigenvalue weighted by atomic mass is 10.1. The van der Waals surface area contributed by atoms with Crippen LogP contribution < -0.4 is 10.2 Å². The quantitative estimate of drug-likeness (QED) is 0.867. The van der Waals surface area contributed by atoms with Gasteiger partial charge >= 0.3 is 5.97 Å². The van der Waals surface area contributed by atoms with E-state index in [1.165, 1.54) is 26.4 Å². The summed E-state index contributed by atoms with van der Waals surface area (Å²) in [6, 6.07) is 10.3. The fourth-order valence-electron chi connectivity index (χ4n) is 2.89. The normalized spacial score (nSPS) is 14.0. The standard InChI is InChI=1S/C19H21N3O3/c1-25-19(24)14-5-7-15(8-6-14)21-18(23)17-13-16(9-10-20-17)22-11-3-2-4-12-22/h5-10,13H,2-4,11-12H2,1H3,(H,21,23). The fourth-order valence-corrected chi connectivity index (χ4v) is 2.89. The summed E-state index contributed by atoms with van der Waals surface area (Å²) in [6.45, 7) is 2.03. The van der Waals surface area contributed by atoms with Gasteiger partial charge in [0.25, 0.3) is 5.91 Å². The van der Waals surface area contributed by atoms with Crippen LogP contribution in [0.25, 0.3) is 0 Å². The lowest BCUT2D eigenvalue weighted by molar-refractivity contribution is 0.0600. The van der Waals surface area contributed by atoms with E-state index in [-0.39, 0.29) is 5.91 Å². The van der Waals surface area contributed by atoms with Crippen LogP contribution in [-0.4, -0.2) is 37.1 Å². The van der Waals surface area contributed by atoms with Gasteiger partial charge in [-0.3, -0.25) is 9.78 Å². The van der Waals surface area contributed by atoms with E-state index in [9.17, 15) is 9.59 Å². The maximum Gasteiger partial charge on any atom is 0.337 e. The minimum absolute atomic E-state index is 0.273. The molecule has 25 heavy (non-hydrogen) atoms. The number of piperidine rings is 1. The highest BCUT2D eigenvalue weighted by Crippen LogP contribution is 2.20. The lowest BCUT2D eigenvalue weighted by Crippen LogP contribution is -2.29. The van der Waals surface area contributed by atoms with Crippen LogP contribution >= 0.6 is 0 Å². The van der Waals surface area contributed by atoms with E-state index < -0.39 is 5.97 Å². The zero-order chi connectivity index (χ0) is 17.6. The second kappa shape index (κ2) is 7.79. The summed E-state index contributed by atoms with van der Waals surface area (Å²) in [4.78, 5) is 30.3. The van der Waals surface area contributed by atoms with E-state index in [0.717, 1.165) is 18.8 Å². The predicted octanol–water partition coefficient (Wildman–Crippen LogP) is 3.11. The van der Waals surface area contributed by atoms with Gasteiger partial charge in [0.1, 0.15) is 5.69 Å². The first-order valence-corrected chi connectivity index (χ1v) is 8.38. The molecule has 0 aliphatic carbocycles. The average molecular weight is 339 g/mol. The third kappa shape index (κ3) is 4.15. The molecule has 1 fully saturated rings. The van der Waals surface area contributed by atoms with Gasteiger partial charge in [0.15, 0.2) is 0 Å². The van der Waals surface area contributed by atoms with E-state index in [1.54, 1.807) is 30.5 Å². The highest BCUT2D eigenvalue weighted by Gasteiger charge is 2.14. The van der Waals surface area contributed by atoms with E-state index >= 15 is 0 Å². The van der Waals surface area contributed by atoms with E-state index in [4.69, 9.17) is 0 Å². The zero-order valence-corrected chi connectivity index (χ0v) is 14.2. The largest absolute Gasteiger partial charge is 0.465 e. The topological polar surface area (TPSA) is 71.5 Å². The minimum atomic E-state index is -0.409. The van der Waals surface area contributed by atoms with Gasteiger partial charge in [0, 0.05) is 30.7 Å². The third-order valence-corrected chi connectivity index (χ3v) is 4.26. The summed E-state index contributed by atoms with van der Waals surface area (Å²) >= 11 is 0. The fraction of sp³-hybridized carbons (Fsp3) is 0.316. The monoisotopic (exact) mass is 339 g/mol. The van der Waals surface area contributed by atoms with Crippen LogP contribution in [0.5, 0.6) is 0 Å². The molecule has 2 heterocycles. The van der Waals surface area contributed by atoms with Crippen LogP contribution in [0.3, 0.4) is 0 Å². The van der Waals surface area contributed by atoms with Crippen molar-refractivity contribution in [1.82, 2.24) is 4.98 Å². The molecule has 1 amide bonds.